The van der Waals surface area contributed by atoms with Gasteiger partial charge < -0.3 is 15.7 Å². The number of aromatic nitrogens is 2. The van der Waals surface area contributed by atoms with Crippen LogP contribution in [0.2, 0.25) is 5.02 Å². The lowest BCUT2D eigenvalue weighted by Gasteiger charge is -2.32. The van der Waals surface area contributed by atoms with Crippen molar-refractivity contribution < 1.29 is 19.1 Å². The number of hydrogen-bond donors (Lipinski definition) is 3. The quantitative estimate of drug-likeness (QED) is 0.249. The van der Waals surface area contributed by atoms with Crippen LogP contribution >= 0.6 is 34.3 Å². The number of thiophene rings is 1. The Morgan fingerprint density at radius 3 is 2.65 bits per heavy atom. The van der Waals surface area contributed by atoms with Crippen molar-refractivity contribution in [2.24, 2.45) is 5.41 Å². The summed E-state index contributed by atoms with van der Waals surface area (Å²) >= 11 is 9.08. The number of aliphatic hydroxyl groups excluding tert-OH is 1. The number of carbonyl (C=O) groups is 2. The lowest BCUT2D eigenvalue weighted by atomic mass is 9.73. The molecule has 0 saturated carbocycles. The van der Waals surface area contributed by atoms with Crippen molar-refractivity contribution in [2.75, 3.05) is 18.5 Å². The maximum Gasteiger partial charge on any atom is 0.252 e. The van der Waals surface area contributed by atoms with E-state index in [0.717, 1.165) is 15.3 Å². The molecule has 2 aromatic carbocycles. The summed E-state index contributed by atoms with van der Waals surface area (Å²) < 4.78 is 14.3. The van der Waals surface area contributed by atoms with Crippen LogP contribution in [0.1, 0.15) is 40.6 Å². The highest BCUT2D eigenvalue weighted by Gasteiger charge is 2.40. The zero-order chi connectivity index (χ0) is 26.6. The van der Waals surface area contributed by atoms with E-state index in [-0.39, 0.29) is 35.8 Å². The summed E-state index contributed by atoms with van der Waals surface area (Å²) in [5.74, 6) is -1.49. The van der Waals surface area contributed by atoms with E-state index in [1.54, 1.807) is 24.3 Å². The van der Waals surface area contributed by atoms with Gasteiger partial charge in [-0.2, -0.15) is 0 Å². The Labute approximate surface area is 226 Å². The fourth-order valence-electron chi connectivity index (χ4n) is 4.02. The predicted molar refractivity (Wildman–Crippen MR) is 145 cm³/mol. The van der Waals surface area contributed by atoms with E-state index in [4.69, 9.17) is 16.7 Å². The van der Waals surface area contributed by atoms with E-state index >= 15 is 0 Å². The molecular weight excluding hydrogens is 535 g/mol. The number of hydrogen-bond acceptors (Lipinski definition) is 7. The summed E-state index contributed by atoms with van der Waals surface area (Å²) in [7, 11) is 0. The molecule has 0 aliphatic rings. The SMILES string of the molecule is CC(C)(C(=O)Nc1nncs1)[C@H](c1cccc(F)c1)c1ccc(-c2ccc(C(=O)NCCO)c(Cl)c2)s1. The number of halogens is 2. The normalized spacial score (nSPS) is 12.2. The molecule has 0 radical (unpaired) electrons. The molecule has 0 aliphatic heterocycles. The van der Waals surface area contributed by atoms with Crippen LogP contribution in [0.25, 0.3) is 10.4 Å². The van der Waals surface area contributed by atoms with Crippen molar-refractivity contribution in [1.82, 2.24) is 15.5 Å². The number of nitrogens with one attached hydrogen (secondary N) is 2. The fraction of sp³-hybridized carbons (Fsp3) is 0.231. The third-order valence-electron chi connectivity index (χ3n) is 5.88. The van der Waals surface area contributed by atoms with Gasteiger partial charge in [-0.25, -0.2) is 4.39 Å². The molecule has 0 bridgehead atoms. The van der Waals surface area contributed by atoms with Gasteiger partial charge in [-0.1, -0.05) is 55.0 Å². The number of nitrogens with zero attached hydrogens (tertiary/aromatic N) is 2. The highest BCUT2D eigenvalue weighted by Crippen LogP contribution is 2.46. The second-order valence-electron chi connectivity index (χ2n) is 8.78. The minimum atomic E-state index is -0.978. The van der Waals surface area contributed by atoms with Crippen molar-refractivity contribution in [2.45, 2.75) is 19.8 Å². The first-order valence-electron chi connectivity index (χ1n) is 11.3. The van der Waals surface area contributed by atoms with Crippen LogP contribution in [0.4, 0.5) is 9.52 Å². The first kappa shape index (κ1) is 26.9. The van der Waals surface area contributed by atoms with Crippen molar-refractivity contribution in [3.63, 3.8) is 0 Å². The summed E-state index contributed by atoms with van der Waals surface area (Å²) in [5.41, 5.74) is 2.33. The van der Waals surface area contributed by atoms with Gasteiger partial charge >= 0.3 is 0 Å². The molecule has 4 aromatic rings. The van der Waals surface area contributed by atoms with Gasteiger partial charge in [0.05, 0.1) is 22.6 Å². The lowest BCUT2D eigenvalue weighted by molar-refractivity contribution is -0.124. The minimum Gasteiger partial charge on any atom is -0.395 e. The average molecular weight is 559 g/mol. The van der Waals surface area contributed by atoms with E-state index in [1.807, 2.05) is 32.0 Å². The first-order chi connectivity index (χ1) is 17.7. The number of rotatable bonds is 9. The Balaban J connectivity index is 1.69. The third kappa shape index (κ3) is 6.04. The van der Waals surface area contributed by atoms with Crippen molar-refractivity contribution in [1.29, 1.82) is 0 Å². The molecule has 0 saturated heterocycles. The molecule has 192 valence electrons. The lowest BCUT2D eigenvalue weighted by Crippen LogP contribution is -2.36. The maximum atomic E-state index is 14.3. The Bertz CT molecular complexity index is 1410. The standard InChI is InChI=1S/C26H24ClFN4O3S2/c1-26(2,24(35)31-25-32-30-14-36-25)22(16-4-3-5-17(28)12-16)21-9-8-20(37-21)15-6-7-18(19(27)13-15)23(34)29-10-11-33/h3-9,12-14,22,33H,10-11H2,1-2H3,(H,29,34)(H,31,32,35)/t22-/m1/s1. The van der Waals surface area contributed by atoms with Gasteiger partial charge in [-0.3, -0.25) is 9.59 Å². The largest absolute Gasteiger partial charge is 0.395 e. The summed E-state index contributed by atoms with van der Waals surface area (Å²) in [6.07, 6.45) is 0. The van der Waals surface area contributed by atoms with Gasteiger partial charge in [0, 0.05) is 22.2 Å². The van der Waals surface area contributed by atoms with Gasteiger partial charge in [0.25, 0.3) is 5.91 Å². The van der Waals surface area contributed by atoms with Crippen LogP contribution in [-0.4, -0.2) is 40.3 Å². The summed E-state index contributed by atoms with van der Waals surface area (Å²) in [6.45, 7) is 3.60. The second kappa shape index (κ2) is 11.5. The summed E-state index contributed by atoms with van der Waals surface area (Å²) in [5, 5.41) is 22.7. The van der Waals surface area contributed by atoms with Crippen LogP contribution < -0.4 is 10.6 Å². The zero-order valence-corrected chi connectivity index (χ0v) is 22.4. The monoisotopic (exact) mass is 558 g/mol. The van der Waals surface area contributed by atoms with Crippen LogP contribution in [0.3, 0.4) is 0 Å². The molecule has 2 amide bonds. The molecule has 0 unspecified atom stereocenters. The Hall–Kier alpha value is -3.18. The smallest absolute Gasteiger partial charge is 0.252 e. The minimum absolute atomic E-state index is 0.134. The van der Waals surface area contributed by atoms with Gasteiger partial charge in [0.1, 0.15) is 11.3 Å². The van der Waals surface area contributed by atoms with Gasteiger partial charge in [-0.15, -0.1) is 21.5 Å². The van der Waals surface area contributed by atoms with Gasteiger partial charge in [-0.05, 0) is 47.5 Å². The molecule has 37 heavy (non-hydrogen) atoms. The molecule has 2 aromatic heterocycles. The average Bonchev–Trinajstić information content (AvgIpc) is 3.55. The molecule has 3 N–H and O–H groups in total. The zero-order valence-electron chi connectivity index (χ0n) is 20.0. The van der Waals surface area contributed by atoms with Gasteiger partial charge in [0.2, 0.25) is 11.0 Å². The van der Waals surface area contributed by atoms with Crippen LogP contribution in [0, 0.1) is 11.2 Å². The second-order valence-corrected chi connectivity index (χ2v) is 11.1. The molecule has 0 fully saturated rings. The van der Waals surface area contributed by atoms with Crippen molar-refractivity contribution >= 4 is 51.2 Å². The topological polar surface area (TPSA) is 104 Å². The third-order valence-corrected chi connectivity index (χ3v) is 7.99. The van der Waals surface area contributed by atoms with Gasteiger partial charge in [0.15, 0.2) is 0 Å². The van der Waals surface area contributed by atoms with Crippen molar-refractivity contribution in [3.05, 3.63) is 87.0 Å². The maximum absolute atomic E-state index is 14.3. The molecule has 2 heterocycles. The first-order valence-corrected chi connectivity index (χ1v) is 13.4. The number of benzene rings is 2. The Morgan fingerprint density at radius 2 is 1.97 bits per heavy atom. The summed E-state index contributed by atoms with van der Waals surface area (Å²) in [4.78, 5) is 27.4. The number of carbonyl (C=O) groups excluding carboxylic acids is 2. The van der Waals surface area contributed by atoms with Crippen LogP contribution in [0.5, 0.6) is 0 Å². The number of anilines is 1. The molecule has 1 atom stereocenters. The molecule has 7 nitrogen and oxygen atoms in total. The molecule has 0 aliphatic carbocycles. The van der Waals surface area contributed by atoms with E-state index in [9.17, 15) is 14.0 Å². The number of aliphatic hydroxyl groups is 1. The summed E-state index contributed by atoms with van der Waals surface area (Å²) in [6, 6.07) is 15.2. The number of amides is 2. The van der Waals surface area contributed by atoms with Crippen LogP contribution in [0.15, 0.2) is 60.1 Å². The van der Waals surface area contributed by atoms with Crippen LogP contribution in [-0.2, 0) is 4.79 Å². The van der Waals surface area contributed by atoms with E-state index in [0.29, 0.717) is 16.3 Å². The highest BCUT2D eigenvalue weighted by molar-refractivity contribution is 7.15. The van der Waals surface area contributed by atoms with E-state index in [2.05, 4.69) is 20.8 Å². The fourth-order valence-corrected chi connectivity index (χ4v) is 6.05. The Kier molecular flexibility index (Phi) is 8.33. The Morgan fingerprint density at radius 1 is 1.16 bits per heavy atom. The molecule has 11 heteroatoms. The van der Waals surface area contributed by atoms with E-state index in [1.165, 1.54) is 40.3 Å². The predicted octanol–water partition coefficient (Wildman–Crippen LogP) is 5.58. The molecular formula is C26H24ClFN4O3S2. The molecule has 4 rings (SSSR count). The highest BCUT2D eigenvalue weighted by atomic mass is 35.5. The van der Waals surface area contributed by atoms with E-state index < -0.39 is 11.3 Å². The molecule has 0 spiro atoms. The van der Waals surface area contributed by atoms with Crippen molar-refractivity contribution in [3.8, 4) is 10.4 Å².